The van der Waals surface area contributed by atoms with Crippen LogP contribution in [0.4, 0.5) is 5.69 Å². The van der Waals surface area contributed by atoms with E-state index >= 15 is 0 Å². The summed E-state index contributed by atoms with van der Waals surface area (Å²) in [5, 5.41) is 7.95. The molecule has 4 nitrogen and oxygen atoms in total. The molecule has 0 radical (unpaired) electrons. The summed E-state index contributed by atoms with van der Waals surface area (Å²) in [7, 11) is 1.99. The zero-order chi connectivity index (χ0) is 15.0. The van der Waals surface area contributed by atoms with Crippen LogP contribution < -0.4 is 5.32 Å². The van der Waals surface area contributed by atoms with Crippen LogP contribution in [0.1, 0.15) is 17.0 Å². The molecule has 0 aliphatic carbocycles. The third-order valence-corrected chi connectivity index (χ3v) is 5.67. The topological polar surface area (TPSA) is 42.7 Å². The molecule has 2 aromatic heterocycles. The molecule has 0 bridgehead atoms. The fourth-order valence-corrected chi connectivity index (χ4v) is 3.89. The smallest absolute Gasteiger partial charge is 0.150 e. The second kappa shape index (κ2) is 5.69. The number of rotatable bonds is 4. The number of nitrogens with one attached hydrogen (secondary N) is 1. The van der Waals surface area contributed by atoms with E-state index in [1.807, 2.05) is 11.7 Å². The number of benzene rings is 1. The normalized spacial score (nSPS) is 11.2. The molecule has 0 aliphatic heterocycles. The van der Waals surface area contributed by atoms with Crippen LogP contribution in [0, 0.1) is 13.8 Å². The molecule has 0 aliphatic rings. The van der Waals surface area contributed by atoms with Gasteiger partial charge in [0.15, 0.2) is 4.34 Å². The molecular formula is C15H18N4S2. The first-order chi connectivity index (χ1) is 10.1. The maximum absolute atomic E-state index is 4.56. The summed E-state index contributed by atoms with van der Waals surface area (Å²) in [5.74, 6) is 0. The van der Waals surface area contributed by atoms with Crippen LogP contribution in [0.3, 0.4) is 0 Å². The summed E-state index contributed by atoms with van der Waals surface area (Å²) in [6.45, 7) is 4.96. The van der Waals surface area contributed by atoms with Gasteiger partial charge in [-0.15, -0.1) is 11.3 Å². The van der Waals surface area contributed by atoms with E-state index in [4.69, 9.17) is 0 Å². The van der Waals surface area contributed by atoms with Crippen LogP contribution in [0.15, 0.2) is 22.5 Å². The van der Waals surface area contributed by atoms with Gasteiger partial charge in [0, 0.05) is 30.5 Å². The summed E-state index contributed by atoms with van der Waals surface area (Å²) in [4.78, 5) is 4.56. The number of aromatic nitrogens is 3. The van der Waals surface area contributed by atoms with Crippen LogP contribution in [-0.2, 0) is 13.6 Å². The van der Waals surface area contributed by atoms with Gasteiger partial charge in [-0.05, 0) is 38.3 Å². The fourth-order valence-electron chi connectivity index (χ4n) is 2.36. The molecule has 0 fully saturated rings. The van der Waals surface area contributed by atoms with Crippen molar-refractivity contribution >= 4 is 39.0 Å². The zero-order valence-electron chi connectivity index (χ0n) is 12.6. The Hall–Kier alpha value is -1.53. The van der Waals surface area contributed by atoms with E-state index in [9.17, 15) is 0 Å². The first-order valence-corrected chi connectivity index (χ1v) is 8.80. The highest BCUT2D eigenvalue weighted by atomic mass is 32.2. The lowest BCUT2D eigenvalue weighted by atomic mass is 10.2. The number of fused-ring (bicyclic) bond motifs is 1. The Bertz CT molecular complexity index is 788. The standard InChI is InChI=1S/C15H18N4S2/c1-9-12(10(2)19(3)18-9)8-16-11-5-6-13-14(7-11)21-15(17-13)20-4/h5-7,16H,8H2,1-4H3. The molecule has 0 unspecified atom stereocenters. The molecule has 2 heterocycles. The monoisotopic (exact) mass is 318 g/mol. The average molecular weight is 318 g/mol. The van der Waals surface area contributed by atoms with E-state index in [-0.39, 0.29) is 0 Å². The molecule has 21 heavy (non-hydrogen) atoms. The number of aryl methyl sites for hydroxylation is 2. The van der Waals surface area contributed by atoms with Gasteiger partial charge in [0.1, 0.15) is 0 Å². The quantitative estimate of drug-likeness (QED) is 0.739. The third-order valence-electron chi connectivity index (χ3n) is 3.67. The Morgan fingerprint density at radius 1 is 1.33 bits per heavy atom. The molecule has 3 rings (SSSR count). The van der Waals surface area contributed by atoms with Crippen molar-refractivity contribution < 1.29 is 0 Å². The number of thioether (sulfide) groups is 1. The van der Waals surface area contributed by atoms with Crippen molar-refractivity contribution in [1.29, 1.82) is 0 Å². The highest BCUT2D eigenvalue weighted by molar-refractivity contribution is 8.00. The van der Waals surface area contributed by atoms with Crippen molar-refractivity contribution in [2.75, 3.05) is 11.6 Å². The van der Waals surface area contributed by atoms with Crippen LogP contribution in [0.5, 0.6) is 0 Å². The second-order valence-electron chi connectivity index (χ2n) is 4.99. The molecule has 0 spiro atoms. The molecule has 110 valence electrons. The van der Waals surface area contributed by atoms with E-state index in [2.05, 4.69) is 53.7 Å². The van der Waals surface area contributed by atoms with Gasteiger partial charge in [-0.3, -0.25) is 4.68 Å². The SMILES string of the molecule is CSc1nc2ccc(NCc3c(C)nn(C)c3C)cc2s1. The van der Waals surface area contributed by atoms with E-state index in [1.165, 1.54) is 16.0 Å². The zero-order valence-corrected chi connectivity index (χ0v) is 14.2. The van der Waals surface area contributed by atoms with Gasteiger partial charge < -0.3 is 5.32 Å². The predicted octanol–water partition coefficient (Wildman–Crippen LogP) is 3.98. The molecule has 0 saturated heterocycles. The van der Waals surface area contributed by atoms with Crippen LogP contribution in [-0.4, -0.2) is 21.0 Å². The number of anilines is 1. The second-order valence-corrected chi connectivity index (χ2v) is 7.08. The van der Waals surface area contributed by atoms with Crippen molar-refractivity contribution in [3.05, 3.63) is 35.2 Å². The van der Waals surface area contributed by atoms with E-state index in [1.54, 1.807) is 23.1 Å². The summed E-state index contributed by atoms with van der Waals surface area (Å²) < 4.78 is 4.27. The van der Waals surface area contributed by atoms with Crippen LogP contribution in [0.25, 0.3) is 10.2 Å². The van der Waals surface area contributed by atoms with Gasteiger partial charge >= 0.3 is 0 Å². The highest BCUT2D eigenvalue weighted by Crippen LogP contribution is 2.30. The van der Waals surface area contributed by atoms with Gasteiger partial charge in [0.2, 0.25) is 0 Å². The average Bonchev–Trinajstić information content (AvgIpc) is 2.98. The minimum absolute atomic E-state index is 0.797. The van der Waals surface area contributed by atoms with Crippen molar-refractivity contribution in [1.82, 2.24) is 14.8 Å². The Kier molecular flexibility index (Phi) is 3.91. The van der Waals surface area contributed by atoms with Gasteiger partial charge in [-0.1, -0.05) is 11.8 Å². The maximum Gasteiger partial charge on any atom is 0.150 e. The number of nitrogens with zero attached hydrogens (tertiary/aromatic N) is 3. The van der Waals surface area contributed by atoms with Gasteiger partial charge in [0.25, 0.3) is 0 Å². The predicted molar refractivity (Wildman–Crippen MR) is 91.4 cm³/mol. The first-order valence-electron chi connectivity index (χ1n) is 6.76. The van der Waals surface area contributed by atoms with Crippen molar-refractivity contribution in [2.24, 2.45) is 7.05 Å². The lowest BCUT2D eigenvalue weighted by molar-refractivity contribution is 0.730. The van der Waals surface area contributed by atoms with E-state index in [0.29, 0.717) is 0 Å². The Labute approximate surface area is 132 Å². The van der Waals surface area contributed by atoms with Crippen LogP contribution in [0.2, 0.25) is 0 Å². The lowest BCUT2D eigenvalue weighted by Crippen LogP contribution is -2.02. The molecule has 1 aromatic carbocycles. The maximum atomic E-state index is 4.56. The van der Waals surface area contributed by atoms with Crippen LogP contribution >= 0.6 is 23.1 Å². The number of thiazole rings is 1. The number of hydrogen-bond donors (Lipinski definition) is 1. The van der Waals surface area contributed by atoms with E-state index in [0.717, 1.165) is 27.8 Å². The largest absolute Gasteiger partial charge is 0.381 e. The number of hydrogen-bond acceptors (Lipinski definition) is 5. The highest BCUT2D eigenvalue weighted by Gasteiger charge is 2.09. The summed E-state index contributed by atoms with van der Waals surface area (Å²) >= 11 is 3.43. The molecule has 0 atom stereocenters. The third kappa shape index (κ3) is 2.78. The van der Waals surface area contributed by atoms with Crippen molar-refractivity contribution in [3.63, 3.8) is 0 Å². The fraction of sp³-hybridized carbons (Fsp3) is 0.333. The Morgan fingerprint density at radius 3 is 2.81 bits per heavy atom. The summed E-state index contributed by atoms with van der Waals surface area (Å²) in [5.41, 5.74) is 5.77. The molecule has 3 aromatic rings. The van der Waals surface area contributed by atoms with Gasteiger partial charge in [0.05, 0.1) is 15.9 Å². The minimum atomic E-state index is 0.797. The molecular weight excluding hydrogens is 300 g/mol. The molecule has 1 N–H and O–H groups in total. The molecule has 0 amide bonds. The van der Waals surface area contributed by atoms with Gasteiger partial charge in [-0.25, -0.2) is 4.98 Å². The Morgan fingerprint density at radius 2 is 2.14 bits per heavy atom. The minimum Gasteiger partial charge on any atom is -0.381 e. The van der Waals surface area contributed by atoms with Gasteiger partial charge in [-0.2, -0.15) is 5.10 Å². The molecule has 6 heteroatoms. The van der Waals surface area contributed by atoms with Crippen molar-refractivity contribution in [3.8, 4) is 0 Å². The summed E-state index contributed by atoms with van der Waals surface area (Å²) in [6, 6.07) is 6.35. The Balaban J connectivity index is 1.81. The lowest BCUT2D eigenvalue weighted by Gasteiger charge is -2.07. The van der Waals surface area contributed by atoms with Crippen molar-refractivity contribution in [2.45, 2.75) is 24.7 Å². The summed E-state index contributed by atoms with van der Waals surface area (Å²) in [6.07, 6.45) is 2.06. The van der Waals surface area contributed by atoms with E-state index < -0.39 is 0 Å². The first kappa shape index (κ1) is 14.4. The molecule has 0 saturated carbocycles.